The molecule has 0 aliphatic carbocycles. The van der Waals surface area contributed by atoms with E-state index in [0.717, 1.165) is 12.1 Å². The zero-order chi connectivity index (χ0) is 19.5. The molecule has 3 heterocycles. The van der Waals surface area contributed by atoms with Crippen molar-refractivity contribution in [3.63, 3.8) is 0 Å². The molecule has 0 bridgehead atoms. The summed E-state index contributed by atoms with van der Waals surface area (Å²) in [6.07, 6.45) is 4.84. The number of hydrogen-bond donors (Lipinski definition) is 1. The first-order valence-corrected chi connectivity index (χ1v) is 8.89. The van der Waals surface area contributed by atoms with Gasteiger partial charge in [-0.2, -0.15) is 18.3 Å². The number of carbonyl (C=O) groups excluding carboxylic acids is 1. The van der Waals surface area contributed by atoms with E-state index in [2.05, 4.69) is 20.3 Å². The van der Waals surface area contributed by atoms with Gasteiger partial charge in [-0.1, -0.05) is 0 Å². The number of halogens is 3. The molecule has 1 N–H and O–H groups in total. The highest BCUT2D eigenvalue weighted by molar-refractivity contribution is 5.84. The number of imidazole rings is 1. The summed E-state index contributed by atoms with van der Waals surface area (Å²) in [5.74, 6) is -0.615. The second kappa shape index (κ2) is 7.71. The molecule has 0 unspecified atom stereocenters. The van der Waals surface area contributed by atoms with E-state index in [-0.39, 0.29) is 0 Å². The van der Waals surface area contributed by atoms with Crippen LogP contribution in [0.1, 0.15) is 25.3 Å². The maximum Gasteiger partial charge on any atom is 0.405 e. The molecule has 3 rings (SSSR count). The van der Waals surface area contributed by atoms with E-state index in [4.69, 9.17) is 0 Å². The number of aryl methyl sites for hydroxylation is 1. The molecule has 0 radical (unpaired) electrons. The fourth-order valence-electron chi connectivity index (χ4n) is 3.46. The van der Waals surface area contributed by atoms with E-state index in [1.165, 1.54) is 12.5 Å². The SMILES string of the molecule is CCn1cc(CN2CCC(C(=O)NCC(F)(F)F)(n3ccnc3)CC2)cn1. The van der Waals surface area contributed by atoms with Crippen molar-refractivity contribution >= 4 is 5.91 Å². The Morgan fingerprint density at radius 3 is 2.63 bits per heavy atom. The lowest BCUT2D eigenvalue weighted by atomic mass is 9.86. The van der Waals surface area contributed by atoms with Crippen LogP contribution in [0.4, 0.5) is 13.2 Å². The van der Waals surface area contributed by atoms with Crippen LogP contribution in [0.5, 0.6) is 0 Å². The van der Waals surface area contributed by atoms with Crippen LogP contribution in [0.25, 0.3) is 0 Å². The lowest BCUT2D eigenvalue weighted by Gasteiger charge is -2.41. The predicted molar refractivity (Wildman–Crippen MR) is 91.7 cm³/mol. The number of aromatic nitrogens is 4. The van der Waals surface area contributed by atoms with Crippen LogP contribution in [-0.2, 0) is 23.4 Å². The second-order valence-electron chi connectivity index (χ2n) is 6.78. The molecule has 1 amide bonds. The topological polar surface area (TPSA) is 68.0 Å². The van der Waals surface area contributed by atoms with E-state index >= 15 is 0 Å². The van der Waals surface area contributed by atoms with Crippen molar-refractivity contribution in [1.82, 2.24) is 29.5 Å². The van der Waals surface area contributed by atoms with Crippen molar-refractivity contribution in [3.05, 3.63) is 36.7 Å². The number of hydrogen-bond acceptors (Lipinski definition) is 4. The molecule has 2 aromatic heterocycles. The third-order valence-corrected chi connectivity index (χ3v) is 4.97. The van der Waals surface area contributed by atoms with Crippen LogP contribution in [0.3, 0.4) is 0 Å². The van der Waals surface area contributed by atoms with Gasteiger partial charge in [0.05, 0.1) is 12.5 Å². The zero-order valence-electron chi connectivity index (χ0n) is 15.1. The Bertz CT molecular complexity index is 747. The third kappa shape index (κ3) is 4.49. The fraction of sp³-hybridized carbons (Fsp3) is 0.588. The highest BCUT2D eigenvalue weighted by Gasteiger charge is 2.44. The lowest BCUT2D eigenvalue weighted by Crippen LogP contribution is -2.55. The Labute approximate surface area is 155 Å². The van der Waals surface area contributed by atoms with Crippen LogP contribution in [0, 0.1) is 0 Å². The van der Waals surface area contributed by atoms with Crippen molar-refractivity contribution in [3.8, 4) is 0 Å². The van der Waals surface area contributed by atoms with Gasteiger partial charge in [0.1, 0.15) is 12.1 Å². The van der Waals surface area contributed by atoms with Crippen molar-refractivity contribution in [1.29, 1.82) is 0 Å². The number of piperidine rings is 1. The van der Waals surface area contributed by atoms with Gasteiger partial charge in [0.25, 0.3) is 0 Å². The molecular formula is C17H23F3N6O. The molecule has 0 atom stereocenters. The standard InChI is InChI=1S/C17H23F3N6O/c1-2-26-11-14(9-23-26)10-24-6-3-16(4-7-24,25-8-5-21-13-25)15(27)22-12-17(18,19)20/h5,8-9,11,13H,2-4,6-7,10,12H2,1H3,(H,22,27). The van der Waals surface area contributed by atoms with Crippen LogP contribution < -0.4 is 5.32 Å². The summed E-state index contributed by atoms with van der Waals surface area (Å²) >= 11 is 0. The van der Waals surface area contributed by atoms with Gasteiger partial charge in [-0.3, -0.25) is 14.4 Å². The highest BCUT2D eigenvalue weighted by Crippen LogP contribution is 2.31. The Kier molecular flexibility index (Phi) is 5.54. The zero-order valence-corrected chi connectivity index (χ0v) is 15.1. The Morgan fingerprint density at radius 1 is 1.33 bits per heavy atom. The summed E-state index contributed by atoms with van der Waals surface area (Å²) in [6, 6.07) is 0. The monoisotopic (exact) mass is 384 g/mol. The molecule has 10 heteroatoms. The van der Waals surface area contributed by atoms with Crippen LogP contribution in [0.15, 0.2) is 31.1 Å². The van der Waals surface area contributed by atoms with Crippen LogP contribution in [0.2, 0.25) is 0 Å². The number of carbonyl (C=O) groups is 1. The molecule has 0 saturated carbocycles. The van der Waals surface area contributed by atoms with Gasteiger partial charge < -0.3 is 9.88 Å². The molecule has 2 aromatic rings. The highest BCUT2D eigenvalue weighted by atomic mass is 19.4. The molecule has 1 saturated heterocycles. The lowest BCUT2D eigenvalue weighted by molar-refractivity contribution is -0.145. The number of amides is 1. The average molecular weight is 384 g/mol. The van der Waals surface area contributed by atoms with Crippen molar-refractivity contribution < 1.29 is 18.0 Å². The summed E-state index contributed by atoms with van der Waals surface area (Å²) in [7, 11) is 0. The summed E-state index contributed by atoms with van der Waals surface area (Å²) < 4.78 is 41.1. The largest absolute Gasteiger partial charge is 0.405 e. The molecule has 148 valence electrons. The first-order chi connectivity index (χ1) is 12.8. The molecule has 1 fully saturated rings. The van der Waals surface area contributed by atoms with Gasteiger partial charge in [-0.05, 0) is 19.8 Å². The van der Waals surface area contributed by atoms with Crippen LogP contribution >= 0.6 is 0 Å². The quantitative estimate of drug-likeness (QED) is 0.824. The predicted octanol–water partition coefficient (Wildman–Crippen LogP) is 1.77. The van der Waals surface area contributed by atoms with Gasteiger partial charge >= 0.3 is 6.18 Å². The van der Waals surface area contributed by atoms with E-state index in [9.17, 15) is 18.0 Å². The Morgan fingerprint density at radius 2 is 2.07 bits per heavy atom. The summed E-state index contributed by atoms with van der Waals surface area (Å²) in [5, 5.41) is 6.30. The minimum atomic E-state index is -4.44. The van der Waals surface area contributed by atoms with Crippen molar-refractivity contribution in [2.45, 2.75) is 44.6 Å². The van der Waals surface area contributed by atoms with E-state index < -0.39 is 24.2 Å². The van der Waals surface area contributed by atoms with E-state index in [1.807, 2.05) is 24.0 Å². The van der Waals surface area contributed by atoms with Gasteiger partial charge in [-0.15, -0.1) is 0 Å². The number of nitrogens with one attached hydrogen (secondary N) is 1. The Hall–Kier alpha value is -2.36. The van der Waals surface area contributed by atoms with Crippen molar-refractivity contribution in [2.75, 3.05) is 19.6 Å². The van der Waals surface area contributed by atoms with Gasteiger partial charge in [0, 0.05) is 50.3 Å². The maximum absolute atomic E-state index is 12.7. The second-order valence-corrected chi connectivity index (χ2v) is 6.78. The van der Waals surface area contributed by atoms with Crippen molar-refractivity contribution in [2.24, 2.45) is 0 Å². The van der Waals surface area contributed by atoms with Gasteiger partial charge in [-0.25, -0.2) is 4.98 Å². The average Bonchev–Trinajstić information content (AvgIpc) is 3.32. The fourth-order valence-corrected chi connectivity index (χ4v) is 3.46. The van der Waals surface area contributed by atoms with Gasteiger partial charge in [0.15, 0.2) is 0 Å². The molecule has 27 heavy (non-hydrogen) atoms. The van der Waals surface area contributed by atoms with Crippen LogP contribution in [-0.4, -0.2) is 55.9 Å². The number of alkyl halides is 3. The van der Waals surface area contributed by atoms with Gasteiger partial charge in [0.2, 0.25) is 5.91 Å². The molecule has 7 nitrogen and oxygen atoms in total. The summed E-state index contributed by atoms with van der Waals surface area (Å²) in [6.45, 7) is 3.36. The number of nitrogens with zero attached hydrogens (tertiary/aromatic N) is 5. The number of rotatable bonds is 6. The summed E-state index contributed by atoms with van der Waals surface area (Å²) in [4.78, 5) is 18.8. The molecule has 1 aliphatic heterocycles. The van der Waals surface area contributed by atoms with E-state index in [1.54, 1.807) is 10.8 Å². The molecular weight excluding hydrogens is 361 g/mol. The summed E-state index contributed by atoms with van der Waals surface area (Å²) in [5.41, 5.74) is 0.0276. The van der Waals surface area contributed by atoms with E-state index in [0.29, 0.717) is 32.5 Å². The smallest absolute Gasteiger partial charge is 0.345 e. The Balaban J connectivity index is 1.68. The third-order valence-electron chi connectivity index (χ3n) is 4.97. The first-order valence-electron chi connectivity index (χ1n) is 8.89. The molecule has 1 aliphatic rings. The number of likely N-dealkylation sites (tertiary alicyclic amines) is 1. The molecule has 0 aromatic carbocycles. The molecule has 0 spiro atoms. The minimum Gasteiger partial charge on any atom is -0.345 e. The normalized spacial score (nSPS) is 17.8. The minimum absolute atomic E-state index is 0.412. The first kappa shape index (κ1) is 19.4. The maximum atomic E-state index is 12.7.